The van der Waals surface area contributed by atoms with E-state index in [1.165, 1.54) is 16.7 Å². The zero-order chi connectivity index (χ0) is 16.4. The lowest BCUT2D eigenvalue weighted by molar-refractivity contribution is 0.103. The monoisotopic (exact) mass is 304 g/mol. The zero-order valence-electron chi connectivity index (χ0n) is 13.7. The molecule has 0 aromatic heterocycles. The SMILES string of the molecule is COc1ccc(C2=CC(C)=C(C)C2)c(C(=O)c2ccccc2)c1. The van der Waals surface area contributed by atoms with Gasteiger partial charge in [-0.3, -0.25) is 4.79 Å². The fourth-order valence-electron chi connectivity index (χ4n) is 2.90. The van der Waals surface area contributed by atoms with Crippen LogP contribution in [-0.4, -0.2) is 12.9 Å². The van der Waals surface area contributed by atoms with Gasteiger partial charge in [-0.05, 0) is 43.5 Å². The number of rotatable bonds is 4. The van der Waals surface area contributed by atoms with E-state index in [1.807, 2.05) is 48.5 Å². The van der Waals surface area contributed by atoms with Crippen molar-refractivity contribution in [2.24, 2.45) is 0 Å². The number of ketones is 1. The van der Waals surface area contributed by atoms with E-state index in [0.29, 0.717) is 16.9 Å². The van der Waals surface area contributed by atoms with E-state index in [1.54, 1.807) is 7.11 Å². The lowest BCUT2D eigenvalue weighted by Crippen LogP contribution is -2.05. The van der Waals surface area contributed by atoms with Gasteiger partial charge in [0, 0.05) is 11.1 Å². The lowest BCUT2D eigenvalue weighted by Gasteiger charge is -2.12. The fraction of sp³-hybridized carbons (Fsp3) is 0.190. The van der Waals surface area contributed by atoms with Crippen LogP contribution in [0.3, 0.4) is 0 Å². The van der Waals surface area contributed by atoms with Gasteiger partial charge < -0.3 is 4.74 Å². The largest absolute Gasteiger partial charge is 0.497 e. The Balaban J connectivity index is 2.08. The van der Waals surface area contributed by atoms with Crippen LogP contribution < -0.4 is 4.74 Å². The minimum Gasteiger partial charge on any atom is -0.497 e. The van der Waals surface area contributed by atoms with E-state index in [9.17, 15) is 4.79 Å². The van der Waals surface area contributed by atoms with Crippen molar-refractivity contribution < 1.29 is 9.53 Å². The van der Waals surface area contributed by atoms with Crippen LogP contribution in [0.5, 0.6) is 5.75 Å². The first-order valence-corrected chi connectivity index (χ1v) is 7.75. The number of benzene rings is 2. The van der Waals surface area contributed by atoms with Crippen molar-refractivity contribution in [1.82, 2.24) is 0 Å². The molecule has 1 aliphatic rings. The second-order valence-electron chi connectivity index (χ2n) is 5.92. The van der Waals surface area contributed by atoms with Crippen LogP contribution in [0.15, 0.2) is 65.8 Å². The maximum Gasteiger partial charge on any atom is 0.193 e. The van der Waals surface area contributed by atoms with Crippen molar-refractivity contribution in [2.45, 2.75) is 20.3 Å². The van der Waals surface area contributed by atoms with Gasteiger partial charge in [-0.1, -0.05) is 53.6 Å². The zero-order valence-corrected chi connectivity index (χ0v) is 13.7. The van der Waals surface area contributed by atoms with Gasteiger partial charge in [-0.15, -0.1) is 0 Å². The topological polar surface area (TPSA) is 26.3 Å². The molecule has 116 valence electrons. The van der Waals surface area contributed by atoms with E-state index in [2.05, 4.69) is 19.9 Å². The number of ether oxygens (including phenoxy) is 1. The predicted molar refractivity (Wildman–Crippen MR) is 93.8 cm³/mol. The molecule has 0 saturated heterocycles. The summed E-state index contributed by atoms with van der Waals surface area (Å²) in [6, 6.07) is 15.1. The minimum atomic E-state index is 0.0302. The van der Waals surface area contributed by atoms with Crippen molar-refractivity contribution >= 4 is 11.4 Å². The average Bonchev–Trinajstić information content (AvgIpc) is 2.93. The molecule has 23 heavy (non-hydrogen) atoms. The minimum absolute atomic E-state index is 0.0302. The summed E-state index contributed by atoms with van der Waals surface area (Å²) in [5.74, 6) is 0.732. The Morgan fingerprint density at radius 1 is 1.04 bits per heavy atom. The van der Waals surface area contributed by atoms with Gasteiger partial charge in [-0.2, -0.15) is 0 Å². The van der Waals surface area contributed by atoms with Gasteiger partial charge in [0.2, 0.25) is 0 Å². The molecule has 0 amide bonds. The first-order valence-electron chi connectivity index (χ1n) is 7.75. The van der Waals surface area contributed by atoms with Crippen LogP contribution in [0.25, 0.3) is 5.57 Å². The number of carbonyl (C=O) groups is 1. The summed E-state index contributed by atoms with van der Waals surface area (Å²) in [4.78, 5) is 13.0. The molecular formula is C21H20O2. The molecule has 3 rings (SSSR count). The Labute approximate surface area is 137 Å². The summed E-state index contributed by atoms with van der Waals surface area (Å²) in [6.07, 6.45) is 3.08. The van der Waals surface area contributed by atoms with Crippen LogP contribution >= 0.6 is 0 Å². The molecule has 2 aromatic carbocycles. The van der Waals surface area contributed by atoms with Gasteiger partial charge in [0.05, 0.1) is 7.11 Å². The number of allylic oxidation sites excluding steroid dienone is 4. The van der Waals surface area contributed by atoms with E-state index >= 15 is 0 Å². The number of hydrogen-bond acceptors (Lipinski definition) is 2. The van der Waals surface area contributed by atoms with Crippen LogP contribution in [0, 0.1) is 0 Å². The molecular weight excluding hydrogens is 284 g/mol. The Kier molecular flexibility index (Phi) is 4.16. The quantitative estimate of drug-likeness (QED) is 0.739. The van der Waals surface area contributed by atoms with Gasteiger partial charge in [0.15, 0.2) is 5.78 Å². The summed E-state index contributed by atoms with van der Waals surface area (Å²) < 4.78 is 5.32. The molecule has 2 heteroatoms. The number of hydrogen-bond donors (Lipinski definition) is 0. The molecule has 0 radical (unpaired) electrons. The molecule has 2 aromatic rings. The fourth-order valence-corrected chi connectivity index (χ4v) is 2.90. The Hall–Kier alpha value is -2.61. The molecule has 2 nitrogen and oxygen atoms in total. The third-order valence-corrected chi connectivity index (χ3v) is 4.37. The van der Waals surface area contributed by atoms with E-state index in [-0.39, 0.29) is 5.78 Å². The highest BCUT2D eigenvalue weighted by Crippen LogP contribution is 2.35. The molecule has 0 spiro atoms. The van der Waals surface area contributed by atoms with Crippen LogP contribution in [0.2, 0.25) is 0 Å². The first kappa shape index (κ1) is 15.3. The normalized spacial score (nSPS) is 14.0. The average molecular weight is 304 g/mol. The van der Waals surface area contributed by atoms with Crippen molar-refractivity contribution in [3.8, 4) is 5.75 Å². The number of methoxy groups -OCH3 is 1. The smallest absolute Gasteiger partial charge is 0.193 e. The van der Waals surface area contributed by atoms with Gasteiger partial charge in [-0.25, -0.2) is 0 Å². The van der Waals surface area contributed by atoms with Crippen molar-refractivity contribution in [1.29, 1.82) is 0 Å². The van der Waals surface area contributed by atoms with Crippen LogP contribution in [0.4, 0.5) is 0 Å². The highest BCUT2D eigenvalue weighted by Gasteiger charge is 2.20. The van der Waals surface area contributed by atoms with E-state index in [0.717, 1.165) is 12.0 Å². The Morgan fingerprint density at radius 2 is 1.78 bits per heavy atom. The van der Waals surface area contributed by atoms with Crippen molar-refractivity contribution in [2.75, 3.05) is 7.11 Å². The summed E-state index contributed by atoms with van der Waals surface area (Å²) in [5, 5.41) is 0. The lowest BCUT2D eigenvalue weighted by atomic mass is 9.92. The molecule has 0 unspecified atom stereocenters. The van der Waals surface area contributed by atoms with Gasteiger partial charge >= 0.3 is 0 Å². The summed E-state index contributed by atoms with van der Waals surface area (Å²) >= 11 is 0. The molecule has 0 bridgehead atoms. The summed E-state index contributed by atoms with van der Waals surface area (Å²) in [5.41, 5.74) is 6.23. The van der Waals surface area contributed by atoms with Gasteiger partial charge in [0.1, 0.15) is 5.75 Å². The predicted octanol–water partition coefficient (Wildman–Crippen LogP) is 5.05. The third kappa shape index (κ3) is 2.98. The van der Waals surface area contributed by atoms with E-state index in [4.69, 9.17) is 4.74 Å². The third-order valence-electron chi connectivity index (χ3n) is 4.37. The van der Waals surface area contributed by atoms with Gasteiger partial charge in [0.25, 0.3) is 0 Å². The molecule has 0 atom stereocenters. The maximum atomic E-state index is 13.0. The highest BCUT2D eigenvalue weighted by molar-refractivity contribution is 6.12. The molecule has 1 aliphatic carbocycles. The molecule has 0 fully saturated rings. The Morgan fingerprint density at radius 3 is 2.39 bits per heavy atom. The number of carbonyl (C=O) groups excluding carboxylic acids is 1. The molecule has 0 N–H and O–H groups in total. The van der Waals surface area contributed by atoms with Crippen molar-refractivity contribution in [3.05, 3.63) is 82.4 Å². The summed E-state index contributed by atoms with van der Waals surface area (Å²) in [6.45, 7) is 4.26. The van der Waals surface area contributed by atoms with Crippen molar-refractivity contribution in [3.63, 3.8) is 0 Å². The molecule has 0 aliphatic heterocycles. The highest BCUT2D eigenvalue weighted by atomic mass is 16.5. The standard InChI is InChI=1S/C21H20O2/c1-14-11-17(12-15(14)2)19-10-9-18(23-3)13-20(19)21(22)16-7-5-4-6-8-16/h4-11,13H,12H2,1-3H3. The second kappa shape index (κ2) is 6.25. The second-order valence-corrected chi connectivity index (χ2v) is 5.92. The van der Waals surface area contributed by atoms with E-state index < -0.39 is 0 Å². The van der Waals surface area contributed by atoms with Crippen LogP contribution in [-0.2, 0) is 0 Å². The van der Waals surface area contributed by atoms with Crippen LogP contribution in [0.1, 0.15) is 41.8 Å². The summed E-state index contributed by atoms with van der Waals surface area (Å²) in [7, 11) is 1.62. The first-order chi connectivity index (χ1) is 11.1. The molecule has 0 heterocycles. The Bertz CT molecular complexity index is 811. The molecule has 0 saturated carbocycles. The maximum absolute atomic E-state index is 13.0.